The van der Waals surface area contributed by atoms with Gasteiger partial charge in [0.25, 0.3) is 5.91 Å². The number of halogens is 1. The van der Waals surface area contributed by atoms with Crippen molar-refractivity contribution in [2.24, 2.45) is 0 Å². The maximum absolute atomic E-state index is 12.1. The van der Waals surface area contributed by atoms with Crippen LogP contribution in [-0.2, 0) is 14.3 Å². The molecule has 0 bridgehead atoms. The number of fused-ring (bicyclic) bond motifs is 1. The molecule has 0 saturated carbocycles. The zero-order chi connectivity index (χ0) is 18.4. The number of benzene rings is 2. The molecule has 1 heterocycles. The number of esters is 1. The number of ether oxygens (including phenoxy) is 2. The van der Waals surface area contributed by atoms with Gasteiger partial charge in [-0.3, -0.25) is 9.59 Å². The van der Waals surface area contributed by atoms with Gasteiger partial charge in [-0.25, -0.2) is 0 Å². The Labute approximate surface area is 164 Å². The van der Waals surface area contributed by atoms with Crippen molar-refractivity contribution in [3.63, 3.8) is 0 Å². The first-order valence-corrected chi connectivity index (χ1v) is 9.95. The van der Waals surface area contributed by atoms with Gasteiger partial charge in [0.1, 0.15) is 5.75 Å². The molecule has 1 aliphatic rings. The second kappa shape index (κ2) is 9.09. The van der Waals surface area contributed by atoms with Crippen LogP contribution in [-0.4, -0.2) is 30.8 Å². The van der Waals surface area contributed by atoms with Gasteiger partial charge in [-0.2, -0.15) is 0 Å². The third kappa shape index (κ3) is 5.25. The quantitative estimate of drug-likeness (QED) is 0.553. The van der Waals surface area contributed by atoms with Gasteiger partial charge in [0.2, 0.25) is 0 Å². The summed E-state index contributed by atoms with van der Waals surface area (Å²) in [5, 5.41) is 2.90. The van der Waals surface area contributed by atoms with Crippen molar-refractivity contribution in [3.8, 4) is 5.75 Å². The molecule has 1 atom stereocenters. The molecule has 26 heavy (non-hydrogen) atoms. The van der Waals surface area contributed by atoms with Crippen LogP contribution in [0.2, 0.25) is 0 Å². The summed E-state index contributed by atoms with van der Waals surface area (Å²) in [4.78, 5) is 24.9. The fourth-order valence-corrected chi connectivity index (χ4v) is 3.55. The van der Waals surface area contributed by atoms with E-state index in [-0.39, 0.29) is 24.3 Å². The van der Waals surface area contributed by atoms with Crippen molar-refractivity contribution in [3.05, 3.63) is 58.6 Å². The van der Waals surface area contributed by atoms with E-state index in [1.54, 1.807) is 0 Å². The van der Waals surface area contributed by atoms with Crippen molar-refractivity contribution in [1.29, 1.82) is 0 Å². The number of carbonyl (C=O) groups is 2. The summed E-state index contributed by atoms with van der Waals surface area (Å²) in [6.07, 6.45) is 0.691. The fourth-order valence-electron chi connectivity index (χ4n) is 2.59. The van der Waals surface area contributed by atoms with Crippen LogP contribution < -0.4 is 10.1 Å². The van der Waals surface area contributed by atoms with Gasteiger partial charge in [0.05, 0.1) is 18.4 Å². The highest BCUT2D eigenvalue weighted by Crippen LogP contribution is 2.31. The second-order valence-corrected chi connectivity index (χ2v) is 7.66. The number of nitrogens with one attached hydrogen (secondary N) is 1. The average molecular weight is 436 g/mol. The molecule has 5 nitrogen and oxygen atoms in total. The summed E-state index contributed by atoms with van der Waals surface area (Å²) in [7, 11) is 0. The van der Waals surface area contributed by atoms with E-state index >= 15 is 0 Å². The SMILES string of the molecule is O=C(COC(=O)CSc1ccc(Br)cc1)NC1CCOc2ccccc21. The lowest BCUT2D eigenvalue weighted by Crippen LogP contribution is -2.35. The minimum absolute atomic E-state index is 0.122. The molecule has 0 aromatic heterocycles. The van der Waals surface area contributed by atoms with Crippen LogP contribution in [0.15, 0.2) is 57.9 Å². The van der Waals surface area contributed by atoms with Crippen LogP contribution in [0.4, 0.5) is 0 Å². The molecule has 3 rings (SSSR count). The average Bonchev–Trinajstić information content (AvgIpc) is 2.66. The lowest BCUT2D eigenvalue weighted by Gasteiger charge is -2.26. The number of carbonyl (C=O) groups excluding carboxylic acids is 2. The highest BCUT2D eigenvalue weighted by molar-refractivity contribution is 9.10. The second-order valence-electron chi connectivity index (χ2n) is 5.70. The van der Waals surface area contributed by atoms with Crippen LogP contribution in [0, 0.1) is 0 Å². The normalized spacial score (nSPS) is 15.5. The zero-order valence-corrected chi connectivity index (χ0v) is 16.3. The Hall–Kier alpha value is -1.99. The van der Waals surface area contributed by atoms with Crippen LogP contribution in [0.25, 0.3) is 0 Å². The van der Waals surface area contributed by atoms with Gasteiger partial charge < -0.3 is 14.8 Å². The van der Waals surface area contributed by atoms with E-state index < -0.39 is 5.97 Å². The summed E-state index contributed by atoms with van der Waals surface area (Å²) in [6, 6.07) is 15.1. The topological polar surface area (TPSA) is 64.6 Å². The first-order valence-electron chi connectivity index (χ1n) is 8.17. The molecule has 0 aliphatic carbocycles. The highest BCUT2D eigenvalue weighted by atomic mass is 79.9. The molecule has 1 unspecified atom stereocenters. The van der Waals surface area contributed by atoms with Crippen molar-refractivity contribution < 1.29 is 19.1 Å². The first-order chi connectivity index (χ1) is 12.6. The Morgan fingerprint density at radius 1 is 1.19 bits per heavy atom. The molecule has 0 saturated heterocycles. The molecule has 7 heteroatoms. The lowest BCUT2D eigenvalue weighted by molar-refractivity contribution is -0.146. The predicted octanol–water partition coefficient (Wildman–Crippen LogP) is 3.72. The third-order valence-electron chi connectivity index (χ3n) is 3.83. The Kier molecular flexibility index (Phi) is 6.57. The van der Waals surface area contributed by atoms with E-state index in [1.807, 2.05) is 48.5 Å². The molecule has 2 aromatic carbocycles. The standard InChI is InChI=1S/C19H18BrNO4S/c20-13-5-7-14(8-6-13)26-12-19(23)25-11-18(22)21-16-9-10-24-17-4-2-1-3-15(16)17/h1-8,16H,9-12H2,(H,21,22). The molecule has 136 valence electrons. The Morgan fingerprint density at radius 3 is 2.77 bits per heavy atom. The van der Waals surface area contributed by atoms with Gasteiger partial charge in [-0.05, 0) is 30.3 Å². The van der Waals surface area contributed by atoms with Crippen LogP contribution in [0.1, 0.15) is 18.0 Å². The largest absolute Gasteiger partial charge is 0.493 e. The van der Waals surface area contributed by atoms with Gasteiger partial charge >= 0.3 is 5.97 Å². The molecule has 1 amide bonds. The van der Waals surface area contributed by atoms with Gasteiger partial charge in [-0.15, -0.1) is 11.8 Å². The monoisotopic (exact) mass is 435 g/mol. The molecule has 0 fully saturated rings. The third-order valence-corrected chi connectivity index (χ3v) is 5.34. The van der Waals surface area contributed by atoms with E-state index in [4.69, 9.17) is 9.47 Å². The highest BCUT2D eigenvalue weighted by Gasteiger charge is 2.22. The van der Waals surface area contributed by atoms with Crippen molar-refractivity contribution in [2.45, 2.75) is 17.4 Å². The van der Waals surface area contributed by atoms with Gasteiger partial charge in [0.15, 0.2) is 6.61 Å². The maximum atomic E-state index is 12.1. The number of para-hydroxylation sites is 1. The minimum atomic E-state index is -0.416. The zero-order valence-electron chi connectivity index (χ0n) is 13.9. The lowest BCUT2D eigenvalue weighted by atomic mass is 10.0. The fraction of sp³-hybridized carbons (Fsp3) is 0.263. The predicted molar refractivity (Wildman–Crippen MR) is 103 cm³/mol. The number of thioether (sulfide) groups is 1. The first kappa shape index (κ1) is 18.8. The minimum Gasteiger partial charge on any atom is -0.493 e. The van der Waals surface area contributed by atoms with Crippen LogP contribution in [0.3, 0.4) is 0 Å². The molecular weight excluding hydrogens is 418 g/mol. The number of rotatable bonds is 6. The number of amides is 1. The number of hydrogen-bond acceptors (Lipinski definition) is 5. The van der Waals surface area contributed by atoms with E-state index in [0.717, 1.165) is 20.7 Å². The van der Waals surface area contributed by atoms with Crippen molar-refractivity contribution in [1.82, 2.24) is 5.32 Å². The maximum Gasteiger partial charge on any atom is 0.316 e. The molecule has 2 aromatic rings. The Balaban J connectivity index is 1.43. The van der Waals surface area contributed by atoms with Gasteiger partial charge in [-0.1, -0.05) is 34.1 Å². The summed E-state index contributed by atoms with van der Waals surface area (Å²) in [5.41, 5.74) is 0.948. The summed E-state index contributed by atoms with van der Waals surface area (Å²) in [5.74, 6) is 0.218. The Bertz CT molecular complexity index is 781. The number of hydrogen-bond donors (Lipinski definition) is 1. The van der Waals surface area contributed by atoms with Crippen molar-refractivity contribution in [2.75, 3.05) is 19.0 Å². The Morgan fingerprint density at radius 2 is 1.96 bits per heavy atom. The van der Waals surface area contributed by atoms with Crippen molar-refractivity contribution >= 4 is 39.6 Å². The molecule has 1 aliphatic heterocycles. The van der Waals surface area contributed by atoms with Crippen LogP contribution in [0.5, 0.6) is 5.75 Å². The van der Waals surface area contributed by atoms with E-state index in [0.29, 0.717) is 13.0 Å². The summed E-state index contributed by atoms with van der Waals surface area (Å²) < 4.78 is 11.6. The molecule has 0 spiro atoms. The molecule has 1 N–H and O–H groups in total. The molecule has 0 radical (unpaired) electrons. The van der Waals surface area contributed by atoms with Crippen LogP contribution >= 0.6 is 27.7 Å². The molecular formula is C19H18BrNO4S. The van der Waals surface area contributed by atoms with Gasteiger partial charge in [0, 0.05) is 21.4 Å². The smallest absolute Gasteiger partial charge is 0.316 e. The van der Waals surface area contributed by atoms with E-state index in [9.17, 15) is 9.59 Å². The summed E-state index contributed by atoms with van der Waals surface area (Å²) in [6.45, 7) is 0.269. The summed E-state index contributed by atoms with van der Waals surface area (Å²) >= 11 is 4.74. The van der Waals surface area contributed by atoms with E-state index in [1.165, 1.54) is 11.8 Å². The van der Waals surface area contributed by atoms with E-state index in [2.05, 4.69) is 21.2 Å².